The van der Waals surface area contributed by atoms with Gasteiger partial charge in [-0.05, 0) is 37.3 Å². The maximum absolute atomic E-state index is 13.1. The van der Waals surface area contributed by atoms with E-state index in [1.807, 2.05) is 36.0 Å². The summed E-state index contributed by atoms with van der Waals surface area (Å²) in [4.78, 5) is 14.3. The average Bonchev–Trinajstić information content (AvgIpc) is 2.52. The molecule has 5 nitrogen and oxygen atoms in total. The molecule has 2 N–H and O–H groups in total. The second-order valence-corrected chi connectivity index (χ2v) is 7.44. The Morgan fingerprint density at radius 1 is 1.17 bits per heavy atom. The highest BCUT2D eigenvalue weighted by Gasteiger charge is 2.15. The van der Waals surface area contributed by atoms with Crippen molar-refractivity contribution >= 4 is 27.7 Å². The number of amides is 1. The molecule has 0 aliphatic rings. The van der Waals surface area contributed by atoms with Gasteiger partial charge < -0.3 is 0 Å². The first-order chi connectivity index (χ1) is 10.9. The van der Waals surface area contributed by atoms with Crippen LogP contribution in [-0.2, 0) is 14.8 Å². The second-order valence-electron chi connectivity index (χ2n) is 4.71. The smallest absolute Gasteiger partial charge is 0.257 e. The molecule has 0 unspecified atom stereocenters. The number of hydrazine groups is 1. The van der Waals surface area contributed by atoms with Crippen LogP contribution in [0, 0.1) is 12.7 Å². The number of sulfonamides is 1. The monoisotopic (exact) mass is 354 g/mol. The lowest BCUT2D eigenvalue weighted by atomic mass is 10.2. The Morgan fingerprint density at radius 2 is 1.87 bits per heavy atom. The van der Waals surface area contributed by atoms with E-state index in [-0.39, 0.29) is 10.6 Å². The summed E-state index contributed by atoms with van der Waals surface area (Å²) in [6, 6.07) is 12.1. The SMILES string of the molecule is Cc1ccc(SCC(=O)NNS(=O)(=O)c2cccc(F)c2)cc1. The molecule has 0 aromatic heterocycles. The zero-order valence-electron chi connectivity index (χ0n) is 12.2. The molecule has 0 fully saturated rings. The fraction of sp³-hybridized carbons (Fsp3) is 0.133. The third kappa shape index (κ3) is 5.34. The predicted octanol–water partition coefficient (Wildman–Crippen LogP) is 2.24. The van der Waals surface area contributed by atoms with Crippen LogP contribution in [0.4, 0.5) is 4.39 Å². The molecule has 2 aromatic rings. The lowest BCUT2D eigenvalue weighted by molar-refractivity contribution is -0.119. The van der Waals surface area contributed by atoms with Gasteiger partial charge in [0.05, 0.1) is 10.6 Å². The van der Waals surface area contributed by atoms with Crippen LogP contribution in [0.1, 0.15) is 5.56 Å². The summed E-state index contributed by atoms with van der Waals surface area (Å²) in [5, 5.41) is 0. The normalized spacial score (nSPS) is 11.2. The molecule has 0 aliphatic carbocycles. The number of rotatable bonds is 6. The molecular formula is C15H15FN2O3S2. The van der Waals surface area contributed by atoms with Gasteiger partial charge in [-0.1, -0.05) is 23.8 Å². The minimum Gasteiger partial charge on any atom is -0.277 e. The molecule has 0 bridgehead atoms. The Bertz CT molecular complexity index is 793. The molecule has 122 valence electrons. The number of thioether (sulfide) groups is 1. The van der Waals surface area contributed by atoms with E-state index in [1.165, 1.54) is 23.9 Å². The van der Waals surface area contributed by atoms with Crippen molar-refractivity contribution in [3.63, 3.8) is 0 Å². The van der Waals surface area contributed by atoms with Gasteiger partial charge in [-0.15, -0.1) is 16.6 Å². The van der Waals surface area contributed by atoms with E-state index in [0.29, 0.717) is 0 Å². The number of nitrogens with one attached hydrogen (secondary N) is 2. The quantitative estimate of drug-likeness (QED) is 0.616. The summed E-state index contributed by atoms with van der Waals surface area (Å²) < 4.78 is 36.9. The number of benzene rings is 2. The van der Waals surface area contributed by atoms with Crippen molar-refractivity contribution in [3.05, 3.63) is 59.9 Å². The Hall–Kier alpha value is -1.90. The standard InChI is InChI=1S/C15H15FN2O3S2/c1-11-5-7-13(8-6-11)22-10-15(19)17-18-23(20,21)14-4-2-3-12(16)9-14/h2-9,18H,10H2,1H3,(H,17,19). The minimum absolute atomic E-state index is 0.0503. The van der Waals surface area contributed by atoms with Crippen LogP contribution >= 0.6 is 11.8 Å². The molecule has 0 aliphatic heterocycles. The highest BCUT2D eigenvalue weighted by Crippen LogP contribution is 2.17. The summed E-state index contributed by atoms with van der Waals surface area (Å²) in [6.07, 6.45) is 0. The number of hydrogen-bond acceptors (Lipinski definition) is 4. The molecule has 0 radical (unpaired) electrons. The van der Waals surface area contributed by atoms with Crippen LogP contribution in [0.25, 0.3) is 0 Å². The summed E-state index contributed by atoms with van der Waals surface area (Å²) in [7, 11) is -4.00. The lowest BCUT2D eigenvalue weighted by Gasteiger charge is -2.08. The van der Waals surface area contributed by atoms with E-state index in [0.717, 1.165) is 22.6 Å². The van der Waals surface area contributed by atoms with Crippen molar-refractivity contribution in [3.8, 4) is 0 Å². The van der Waals surface area contributed by atoms with E-state index >= 15 is 0 Å². The van der Waals surface area contributed by atoms with Crippen molar-refractivity contribution in [1.29, 1.82) is 0 Å². The van der Waals surface area contributed by atoms with Crippen LogP contribution in [-0.4, -0.2) is 20.1 Å². The van der Waals surface area contributed by atoms with Gasteiger partial charge in [0.2, 0.25) is 5.91 Å². The van der Waals surface area contributed by atoms with E-state index in [9.17, 15) is 17.6 Å². The average molecular weight is 354 g/mol. The molecule has 2 rings (SSSR count). The maximum Gasteiger partial charge on any atom is 0.257 e. The molecular weight excluding hydrogens is 339 g/mol. The number of carbonyl (C=O) groups excluding carboxylic acids is 1. The van der Waals surface area contributed by atoms with Gasteiger partial charge in [-0.25, -0.2) is 12.8 Å². The minimum atomic E-state index is -4.00. The van der Waals surface area contributed by atoms with Crippen molar-refractivity contribution in [2.45, 2.75) is 16.7 Å². The van der Waals surface area contributed by atoms with Crippen LogP contribution < -0.4 is 10.3 Å². The van der Waals surface area contributed by atoms with E-state index < -0.39 is 21.7 Å². The highest BCUT2D eigenvalue weighted by atomic mass is 32.2. The zero-order chi connectivity index (χ0) is 16.9. The van der Waals surface area contributed by atoms with Crippen molar-refractivity contribution in [1.82, 2.24) is 10.3 Å². The van der Waals surface area contributed by atoms with Gasteiger partial charge in [0.25, 0.3) is 10.0 Å². The van der Waals surface area contributed by atoms with Crippen LogP contribution in [0.2, 0.25) is 0 Å². The van der Waals surface area contributed by atoms with Crippen LogP contribution in [0.5, 0.6) is 0 Å². The summed E-state index contributed by atoms with van der Waals surface area (Å²) in [6.45, 7) is 1.96. The van der Waals surface area contributed by atoms with Crippen LogP contribution in [0.15, 0.2) is 58.3 Å². The highest BCUT2D eigenvalue weighted by molar-refractivity contribution is 8.00. The summed E-state index contributed by atoms with van der Waals surface area (Å²) in [5.74, 6) is -1.13. The number of halogens is 1. The molecule has 1 amide bonds. The van der Waals surface area contributed by atoms with Gasteiger partial charge in [-0.2, -0.15) is 0 Å². The third-order valence-corrected chi connectivity index (χ3v) is 5.08. The van der Waals surface area contributed by atoms with Crippen molar-refractivity contribution in [2.24, 2.45) is 0 Å². The molecule has 0 spiro atoms. The molecule has 23 heavy (non-hydrogen) atoms. The third-order valence-electron chi connectivity index (χ3n) is 2.82. The Kier molecular flexibility index (Phi) is 5.75. The molecule has 8 heteroatoms. The van der Waals surface area contributed by atoms with E-state index in [1.54, 1.807) is 0 Å². The Balaban J connectivity index is 1.87. The molecule has 2 aromatic carbocycles. The van der Waals surface area contributed by atoms with E-state index in [2.05, 4.69) is 5.43 Å². The van der Waals surface area contributed by atoms with Gasteiger partial charge in [-0.3, -0.25) is 10.2 Å². The Morgan fingerprint density at radius 3 is 2.52 bits per heavy atom. The fourth-order valence-corrected chi connectivity index (χ4v) is 3.23. The summed E-state index contributed by atoms with van der Waals surface area (Å²) in [5.41, 5.74) is 3.21. The van der Waals surface area contributed by atoms with Gasteiger partial charge in [0, 0.05) is 4.90 Å². The first-order valence-electron chi connectivity index (χ1n) is 6.62. The fourth-order valence-electron chi connectivity index (χ4n) is 1.64. The zero-order valence-corrected chi connectivity index (χ0v) is 13.9. The van der Waals surface area contributed by atoms with E-state index in [4.69, 9.17) is 0 Å². The van der Waals surface area contributed by atoms with Gasteiger partial charge >= 0.3 is 0 Å². The first kappa shape index (κ1) is 17.5. The van der Waals surface area contributed by atoms with Gasteiger partial charge in [0.15, 0.2) is 0 Å². The van der Waals surface area contributed by atoms with Crippen molar-refractivity contribution in [2.75, 3.05) is 5.75 Å². The molecule has 0 atom stereocenters. The Labute approximate surface area is 138 Å². The first-order valence-corrected chi connectivity index (χ1v) is 9.09. The topological polar surface area (TPSA) is 75.3 Å². The van der Waals surface area contributed by atoms with Gasteiger partial charge in [0.1, 0.15) is 5.82 Å². The maximum atomic E-state index is 13.1. The second kappa shape index (κ2) is 7.58. The lowest BCUT2D eigenvalue weighted by Crippen LogP contribution is -2.42. The summed E-state index contributed by atoms with van der Waals surface area (Å²) >= 11 is 1.28. The van der Waals surface area contributed by atoms with Crippen LogP contribution in [0.3, 0.4) is 0 Å². The molecule has 0 saturated carbocycles. The number of aryl methyl sites for hydroxylation is 1. The predicted molar refractivity (Wildman–Crippen MR) is 86.8 cm³/mol. The molecule has 0 saturated heterocycles. The number of hydrogen-bond donors (Lipinski definition) is 2. The van der Waals surface area contributed by atoms with Crippen molar-refractivity contribution < 1.29 is 17.6 Å². The largest absolute Gasteiger partial charge is 0.277 e. The molecule has 0 heterocycles. The number of carbonyl (C=O) groups is 1.